The molecule has 2 atom stereocenters. The van der Waals surface area contributed by atoms with Crippen LogP contribution in [0, 0.1) is 5.92 Å². The Morgan fingerprint density at radius 1 is 1.19 bits per heavy atom. The smallest absolute Gasteiger partial charge is 0.251 e. The molecular formula is C15H22ClN3O2. The average Bonchev–Trinajstić information content (AvgIpc) is 2.50. The summed E-state index contributed by atoms with van der Waals surface area (Å²) in [6, 6.07) is 6.10. The molecule has 0 aliphatic heterocycles. The summed E-state index contributed by atoms with van der Waals surface area (Å²) >= 11 is 5.75. The van der Waals surface area contributed by atoms with Gasteiger partial charge in [-0.1, -0.05) is 31.9 Å². The van der Waals surface area contributed by atoms with Crippen molar-refractivity contribution in [1.82, 2.24) is 10.6 Å². The molecule has 0 spiro atoms. The second kappa shape index (κ2) is 8.64. The van der Waals surface area contributed by atoms with E-state index in [2.05, 4.69) is 10.6 Å². The van der Waals surface area contributed by atoms with Gasteiger partial charge in [0.1, 0.15) is 0 Å². The van der Waals surface area contributed by atoms with Crippen LogP contribution < -0.4 is 16.4 Å². The molecule has 1 aromatic rings. The molecule has 5 nitrogen and oxygen atoms in total. The van der Waals surface area contributed by atoms with Gasteiger partial charge in [0.25, 0.3) is 5.91 Å². The van der Waals surface area contributed by atoms with Crippen LogP contribution >= 0.6 is 11.6 Å². The SMILES string of the molecule is CCC(C)C(N)C(=O)NCCNC(=O)c1ccc(Cl)cc1. The first-order chi connectivity index (χ1) is 9.95. The van der Waals surface area contributed by atoms with Crippen molar-refractivity contribution in [3.63, 3.8) is 0 Å². The first kappa shape index (κ1) is 17.5. The number of hydrogen-bond acceptors (Lipinski definition) is 3. The summed E-state index contributed by atoms with van der Waals surface area (Å²) in [7, 11) is 0. The number of hydrogen-bond donors (Lipinski definition) is 3. The minimum Gasteiger partial charge on any atom is -0.353 e. The van der Waals surface area contributed by atoms with Gasteiger partial charge in [0.15, 0.2) is 0 Å². The van der Waals surface area contributed by atoms with Crippen molar-refractivity contribution >= 4 is 23.4 Å². The third-order valence-corrected chi connectivity index (χ3v) is 3.63. The van der Waals surface area contributed by atoms with Crippen molar-refractivity contribution in [3.8, 4) is 0 Å². The molecule has 6 heteroatoms. The van der Waals surface area contributed by atoms with Gasteiger partial charge in [0, 0.05) is 23.7 Å². The maximum absolute atomic E-state index is 11.8. The molecule has 21 heavy (non-hydrogen) atoms. The minimum atomic E-state index is -0.512. The third-order valence-electron chi connectivity index (χ3n) is 3.38. The van der Waals surface area contributed by atoms with E-state index in [4.69, 9.17) is 17.3 Å². The van der Waals surface area contributed by atoms with E-state index in [1.165, 1.54) is 0 Å². The van der Waals surface area contributed by atoms with Crippen molar-refractivity contribution in [2.45, 2.75) is 26.3 Å². The van der Waals surface area contributed by atoms with Gasteiger partial charge in [-0.2, -0.15) is 0 Å². The molecule has 0 aliphatic rings. The molecule has 0 aromatic heterocycles. The van der Waals surface area contributed by atoms with Gasteiger partial charge in [-0.25, -0.2) is 0 Å². The number of nitrogens with two attached hydrogens (primary N) is 1. The number of halogens is 1. The minimum absolute atomic E-state index is 0.133. The topological polar surface area (TPSA) is 84.2 Å². The lowest BCUT2D eigenvalue weighted by Gasteiger charge is -2.17. The summed E-state index contributed by atoms with van der Waals surface area (Å²) in [5, 5.41) is 6.01. The van der Waals surface area contributed by atoms with E-state index in [-0.39, 0.29) is 17.7 Å². The standard InChI is InChI=1S/C15H22ClN3O2/c1-3-10(2)13(17)15(21)19-9-8-18-14(20)11-4-6-12(16)7-5-11/h4-7,10,13H,3,8-9,17H2,1-2H3,(H,18,20)(H,19,21). The van der Waals surface area contributed by atoms with Crippen molar-refractivity contribution in [2.24, 2.45) is 11.7 Å². The molecule has 116 valence electrons. The lowest BCUT2D eigenvalue weighted by molar-refractivity contribution is -0.123. The molecule has 0 saturated carbocycles. The van der Waals surface area contributed by atoms with Crippen molar-refractivity contribution < 1.29 is 9.59 Å². The van der Waals surface area contributed by atoms with Crippen molar-refractivity contribution in [1.29, 1.82) is 0 Å². The molecule has 0 saturated heterocycles. The molecule has 4 N–H and O–H groups in total. The Balaban J connectivity index is 2.29. The van der Waals surface area contributed by atoms with E-state index in [1.807, 2.05) is 13.8 Å². The highest BCUT2D eigenvalue weighted by atomic mass is 35.5. The molecule has 0 aliphatic carbocycles. The summed E-state index contributed by atoms with van der Waals surface area (Å²) < 4.78 is 0. The van der Waals surface area contributed by atoms with Crippen LogP contribution in [0.15, 0.2) is 24.3 Å². The van der Waals surface area contributed by atoms with Gasteiger partial charge in [-0.3, -0.25) is 9.59 Å². The molecular weight excluding hydrogens is 290 g/mol. The van der Waals surface area contributed by atoms with Gasteiger partial charge in [0.2, 0.25) is 5.91 Å². The zero-order valence-corrected chi connectivity index (χ0v) is 13.1. The maximum atomic E-state index is 11.8. The summed E-state index contributed by atoms with van der Waals surface area (Å²) in [6.45, 7) is 4.62. The van der Waals surface area contributed by atoms with Crippen LogP contribution in [0.3, 0.4) is 0 Å². The van der Waals surface area contributed by atoms with Crippen LogP contribution in [-0.2, 0) is 4.79 Å². The highest BCUT2D eigenvalue weighted by Crippen LogP contribution is 2.09. The molecule has 1 rings (SSSR count). The van der Waals surface area contributed by atoms with Crippen molar-refractivity contribution in [3.05, 3.63) is 34.9 Å². The Morgan fingerprint density at radius 2 is 1.76 bits per heavy atom. The molecule has 2 amide bonds. The van der Waals surface area contributed by atoms with Crippen LogP contribution in [0.4, 0.5) is 0 Å². The Morgan fingerprint density at radius 3 is 2.33 bits per heavy atom. The van der Waals surface area contributed by atoms with E-state index in [9.17, 15) is 9.59 Å². The van der Waals surface area contributed by atoms with Crippen LogP contribution in [0.1, 0.15) is 30.6 Å². The van der Waals surface area contributed by atoms with Gasteiger partial charge < -0.3 is 16.4 Å². The van der Waals surface area contributed by atoms with E-state index in [0.717, 1.165) is 6.42 Å². The van der Waals surface area contributed by atoms with Crippen LogP contribution in [0.25, 0.3) is 0 Å². The number of carbonyl (C=O) groups is 2. The Hall–Kier alpha value is -1.59. The fourth-order valence-electron chi connectivity index (χ4n) is 1.70. The van der Waals surface area contributed by atoms with E-state index >= 15 is 0 Å². The fourth-order valence-corrected chi connectivity index (χ4v) is 1.82. The zero-order chi connectivity index (χ0) is 15.8. The number of nitrogens with one attached hydrogen (secondary N) is 2. The lowest BCUT2D eigenvalue weighted by atomic mass is 9.99. The monoisotopic (exact) mass is 311 g/mol. The molecule has 0 radical (unpaired) electrons. The number of rotatable bonds is 7. The summed E-state index contributed by atoms with van der Waals surface area (Å²) in [5.74, 6) is -0.258. The van der Waals surface area contributed by atoms with Gasteiger partial charge in [-0.15, -0.1) is 0 Å². The lowest BCUT2D eigenvalue weighted by Crippen LogP contribution is -2.46. The molecule has 2 unspecified atom stereocenters. The zero-order valence-electron chi connectivity index (χ0n) is 12.4. The second-order valence-electron chi connectivity index (χ2n) is 4.97. The summed E-state index contributed by atoms with van der Waals surface area (Å²) in [5.41, 5.74) is 6.34. The second-order valence-corrected chi connectivity index (χ2v) is 5.40. The third kappa shape index (κ3) is 5.73. The first-order valence-electron chi connectivity index (χ1n) is 7.02. The molecule has 0 bridgehead atoms. The Bertz CT molecular complexity index is 476. The highest BCUT2D eigenvalue weighted by molar-refractivity contribution is 6.30. The maximum Gasteiger partial charge on any atom is 0.251 e. The van der Waals surface area contributed by atoms with E-state index in [1.54, 1.807) is 24.3 Å². The van der Waals surface area contributed by atoms with E-state index < -0.39 is 6.04 Å². The molecule has 0 heterocycles. The number of amides is 2. The van der Waals surface area contributed by atoms with Gasteiger partial charge in [-0.05, 0) is 30.2 Å². The normalized spacial score (nSPS) is 13.3. The van der Waals surface area contributed by atoms with Crippen LogP contribution in [-0.4, -0.2) is 30.9 Å². The average molecular weight is 312 g/mol. The first-order valence-corrected chi connectivity index (χ1v) is 7.40. The van der Waals surface area contributed by atoms with Crippen molar-refractivity contribution in [2.75, 3.05) is 13.1 Å². The Labute approximate surface area is 130 Å². The van der Waals surface area contributed by atoms with Crippen LogP contribution in [0.2, 0.25) is 5.02 Å². The highest BCUT2D eigenvalue weighted by Gasteiger charge is 2.18. The quantitative estimate of drug-likeness (QED) is 0.668. The Kier molecular flexibility index (Phi) is 7.19. The predicted molar refractivity (Wildman–Crippen MR) is 84.2 cm³/mol. The molecule has 1 aromatic carbocycles. The molecule has 0 fully saturated rings. The fraction of sp³-hybridized carbons (Fsp3) is 0.467. The largest absolute Gasteiger partial charge is 0.353 e. The number of carbonyl (C=O) groups excluding carboxylic acids is 2. The van der Waals surface area contributed by atoms with Gasteiger partial charge in [0.05, 0.1) is 6.04 Å². The number of benzene rings is 1. The summed E-state index contributed by atoms with van der Waals surface area (Å²) in [6.07, 6.45) is 0.849. The van der Waals surface area contributed by atoms with Gasteiger partial charge >= 0.3 is 0 Å². The van der Waals surface area contributed by atoms with Crippen LogP contribution in [0.5, 0.6) is 0 Å². The summed E-state index contributed by atoms with van der Waals surface area (Å²) in [4.78, 5) is 23.5. The van der Waals surface area contributed by atoms with E-state index in [0.29, 0.717) is 23.7 Å². The predicted octanol–water partition coefficient (Wildman–Crippen LogP) is 1.56.